The van der Waals surface area contributed by atoms with Crippen LogP contribution in [0.25, 0.3) is 11.1 Å². The van der Waals surface area contributed by atoms with Crippen LogP contribution in [0.1, 0.15) is 19.4 Å². The standard InChI is InChI=1S/C22H25F3N2O4S/c1-22(2,29)21(28)27-12-17(24)20(26-32(3,30)31)18(27)11-14-7-5-9-16(19(14)25)13-6-4-8-15(23)10-13/h4-10,17-18,20,26,29H,11-12H2,1-3H3/t17?,18-,20-/m0/s1. The smallest absolute Gasteiger partial charge is 0.254 e. The molecule has 2 N–H and O–H groups in total. The van der Waals surface area contributed by atoms with Crippen LogP contribution in [0.5, 0.6) is 0 Å². The van der Waals surface area contributed by atoms with Gasteiger partial charge in [0.1, 0.15) is 23.4 Å². The fraction of sp³-hybridized carbons (Fsp3) is 0.409. The van der Waals surface area contributed by atoms with E-state index in [0.29, 0.717) is 5.56 Å². The minimum absolute atomic E-state index is 0.0970. The van der Waals surface area contributed by atoms with Crippen molar-refractivity contribution in [3.8, 4) is 11.1 Å². The quantitative estimate of drug-likeness (QED) is 0.679. The Morgan fingerprint density at radius 1 is 1.22 bits per heavy atom. The molecular formula is C22H25F3N2O4S. The Bertz CT molecular complexity index is 1120. The first-order valence-corrected chi connectivity index (χ1v) is 11.8. The second kappa shape index (κ2) is 8.84. The number of alkyl halides is 1. The number of nitrogens with zero attached hydrogens (tertiary/aromatic N) is 1. The van der Waals surface area contributed by atoms with Crippen molar-refractivity contribution >= 4 is 15.9 Å². The number of nitrogens with one attached hydrogen (secondary N) is 1. The summed E-state index contributed by atoms with van der Waals surface area (Å²) < 4.78 is 69.6. The first-order chi connectivity index (χ1) is 14.8. The third-order valence-corrected chi connectivity index (χ3v) is 6.05. The Morgan fingerprint density at radius 2 is 1.88 bits per heavy atom. The van der Waals surface area contributed by atoms with Crippen LogP contribution in [0.4, 0.5) is 13.2 Å². The maximum Gasteiger partial charge on any atom is 0.254 e. The number of aliphatic hydroxyl groups is 1. The topological polar surface area (TPSA) is 86.7 Å². The van der Waals surface area contributed by atoms with Crippen LogP contribution in [0.15, 0.2) is 42.5 Å². The maximum absolute atomic E-state index is 15.4. The molecule has 3 rings (SSSR count). The summed E-state index contributed by atoms with van der Waals surface area (Å²) in [4.78, 5) is 13.8. The second-order valence-electron chi connectivity index (χ2n) is 8.51. The number of amides is 1. The highest BCUT2D eigenvalue weighted by Gasteiger charge is 2.48. The first-order valence-electron chi connectivity index (χ1n) is 9.96. The minimum atomic E-state index is -3.84. The lowest BCUT2D eigenvalue weighted by Crippen LogP contribution is -2.53. The van der Waals surface area contributed by atoms with Gasteiger partial charge in [-0.15, -0.1) is 0 Å². The fourth-order valence-electron chi connectivity index (χ4n) is 3.94. The molecule has 1 unspecified atom stereocenters. The van der Waals surface area contributed by atoms with Crippen LogP contribution in [-0.2, 0) is 21.2 Å². The zero-order valence-corrected chi connectivity index (χ0v) is 18.7. The van der Waals surface area contributed by atoms with Gasteiger partial charge < -0.3 is 10.0 Å². The summed E-state index contributed by atoms with van der Waals surface area (Å²) in [5, 5.41) is 10.1. The Labute approximate surface area is 185 Å². The molecule has 1 heterocycles. The van der Waals surface area contributed by atoms with Gasteiger partial charge in [0.2, 0.25) is 10.0 Å². The van der Waals surface area contributed by atoms with E-state index >= 15 is 4.39 Å². The molecule has 1 aliphatic rings. The number of carbonyl (C=O) groups excluding carboxylic acids is 1. The van der Waals surface area contributed by atoms with Gasteiger partial charge in [0.05, 0.1) is 24.9 Å². The molecule has 1 saturated heterocycles. The average molecular weight is 471 g/mol. The lowest BCUT2D eigenvalue weighted by molar-refractivity contribution is -0.149. The van der Waals surface area contributed by atoms with Crippen molar-refractivity contribution < 1.29 is 31.5 Å². The van der Waals surface area contributed by atoms with Gasteiger partial charge in [-0.2, -0.15) is 0 Å². The molecule has 0 spiro atoms. The van der Waals surface area contributed by atoms with Gasteiger partial charge in [0, 0.05) is 5.56 Å². The van der Waals surface area contributed by atoms with Crippen LogP contribution < -0.4 is 4.72 Å². The summed E-state index contributed by atoms with van der Waals surface area (Å²) in [5.74, 6) is -2.03. The van der Waals surface area contributed by atoms with Crippen LogP contribution in [-0.4, -0.2) is 61.0 Å². The zero-order chi connectivity index (χ0) is 23.8. The van der Waals surface area contributed by atoms with Crippen molar-refractivity contribution in [2.75, 3.05) is 12.8 Å². The van der Waals surface area contributed by atoms with Crippen molar-refractivity contribution in [2.24, 2.45) is 0 Å². The maximum atomic E-state index is 15.4. The van der Waals surface area contributed by atoms with E-state index in [-0.39, 0.29) is 17.5 Å². The van der Waals surface area contributed by atoms with Crippen LogP contribution in [0.2, 0.25) is 0 Å². The number of carbonyl (C=O) groups is 1. The molecule has 10 heteroatoms. The molecule has 1 amide bonds. The van der Waals surface area contributed by atoms with Crippen molar-refractivity contribution in [2.45, 2.75) is 44.1 Å². The molecule has 1 fully saturated rings. The first kappa shape index (κ1) is 24.2. The van der Waals surface area contributed by atoms with E-state index in [1.54, 1.807) is 6.07 Å². The summed E-state index contributed by atoms with van der Waals surface area (Å²) in [6.45, 7) is 2.02. The summed E-state index contributed by atoms with van der Waals surface area (Å²) in [7, 11) is -3.84. The average Bonchev–Trinajstić information content (AvgIpc) is 2.96. The van der Waals surface area contributed by atoms with Crippen LogP contribution in [0, 0.1) is 11.6 Å². The van der Waals surface area contributed by atoms with Crippen molar-refractivity contribution in [1.82, 2.24) is 9.62 Å². The van der Waals surface area contributed by atoms with E-state index in [2.05, 4.69) is 4.72 Å². The number of hydrogen-bond acceptors (Lipinski definition) is 4. The summed E-state index contributed by atoms with van der Waals surface area (Å²) >= 11 is 0. The molecule has 0 aromatic heterocycles. The highest BCUT2D eigenvalue weighted by molar-refractivity contribution is 7.88. The number of halogens is 3. The van der Waals surface area contributed by atoms with E-state index in [0.717, 1.165) is 11.2 Å². The van der Waals surface area contributed by atoms with Gasteiger partial charge in [-0.25, -0.2) is 26.3 Å². The normalized spacial score (nSPS) is 21.7. The molecule has 3 atom stereocenters. The van der Waals surface area contributed by atoms with Gasteiger partial charge in [0.15, 0.2) is 0 Å². The third-order valence-electron chi connectivity index (χ3n) is 5.35. The molecule has 174 valence electrons. The highest BCUT2D eigenvalue weighted by Crippen LogP contribution is 2.31. The van der Waals surface area contributed by atoms with Crippen molar-refractivity contribution in [3.05, 3.63) is 59.7 Å². The summed E-state index contributed by atoms with van der Waals surface area (Å²) in [6, 6.07) is 7.42. The summed E-state index contributed by atoms with van der Waals surface area (Å²) in [5.41, 5.74) is -1.32. The van der Waals surface area contributed by atoms with Gasteiger partial charge in [-0.3, -0.25) is 4.79 Å². The summed E-state index contributed by atoms with van der Waals surface area (Å²) in [6.07, 6.45) is -1.11. The predicted molar refractivity (Wildman–Crippen MR) is 114 cm³/mol. The van der Waals surface area contributed by atoms with Crippen molar-refractivity contribution in [1.29, 1.82) is 0 Å². The van der Waals surface area contributed by atoms with Crippen LogP contribution >= 0.6 is 0 Å². The van der Waals surface area contributed by atoms with E-state index in [4.69, 9.17) is 0 Å². The van der Waals surface area contributed by atoms with E-state index in [1.807, 2.05) is 0 Å². The molecule has 6 nitrogen and oxygen atoms in total. The molecule has 0 bridgehead atoms. The lowest BCUT2D eigenvalue weighted by atomic mass is 9.95. The Hall–Kier alpha value is -2.43. The second-order valence-corrected chi connectivity index (χ2v) is 10.3. The molecule has 2 aromatic rings. The van der Waals surface area contributed by atoms with Crippen LogP contribution in [0.3, 0.4) is 0 Å². The van der Waals surface area contributed by atoms with Gasteiger partial charge in [-0.05, 0) is 43.5 Å². The number of hydrogen-bond donors (Lipinski definition) is 2. The Balaban J connectivity index is 2.02. The van der Waals surface area contributed by atoms with E-state index in [9.17, 15) is 27.1 Å². The number of likely N-dealkylation sites (tertiary alicyclic amines) is 1. The molecule has 1 aliphatic heterocycles. The number of benzene rings is 2. The minimum Gasteiger partial charge on any atom is -0.381 e. The molecule has 2 aromatic carbocycles. The van der Waals surface area contributed by atoms with Gasteiger partial charge in [-0.1, -0.05) is 30.3 Å². The molecule has 0 aliphatic carbocycles. The molecule has 32 heavy (non-hydrogen) atoms. The highest BCUT2D eigenvalue weighted by atomic mass is 32.2. The largest absolute Gasteiger partial charge is 0.381 e. The molecular weight excluding hydrogens is 445 g/mol. The molecule has 0 radical (unpaired) electrons. The predicted octanol–water partition coefficient (Wildman–Crippen LogP) is 2.41. The lowest BCUT2D eigenvalue weighted by Gasteiger charge is -2.32. The number of rotatable bonds is 6. The Kier molecular flexibility index (Phi) is 6.69. The van der Waals surface area contributed by atoms with Gasteiger partial charge in [0.25, 0.3) is 5.91 Å². The van der Waals surface area contributed by atoms with Crippen molar-refractivity contribution in [3.63, 3.8) is 0 Å². The third kappa shape index (κ3) is 5.31. The number of sulfonamides is 1. The SMILES string of the molecule is CC(C)(O)C(=O)N1CC(F)[C@H](NS(C)(=O)=O)[C@@H]1Cc1cccc(-c2cccc(F)c2)c1F. The zero-order valence-electron chi connectivity index (χ0n) is 17.8. The van der Waals surface area contributed by atoms with E-state index < -0.39 is 58.0 Å². The fourth-order valence-corrected chi connectivity index (χ4v) is 4.73. The van der Waals surface area contributed by atoms with Gasteiger partial charge >= 0.3 is 0 Å². The molecule has 0 saturated carbocycles. The van der Waals surface area contributed by atoms with E-state index in [1.165, 1.54) is 50.2 Å². The Morgan fingerprint density at radius 3 is 2.47 bits per heavy atom. The monoisotopic (exact) mass is 470 g/mol.